The second-order valence-electron chi connectivity index (χ2n) is 13.0. The van der Waals surface area contributed by atoms with Gasteiger partial charge in [0.1, 0.15) is 23.2 Å². The minimum Gasteiger partial charge on any atom is -0.456 e. The second-order valence-corrected chi connectivity index (χ2v) is 14.0. The van der Waals surface area contributed by atoms with E-state index in [4.69, 9.17) is 14.4 Å². The van der Waals surface area contributed by atoms with Crippen molar-refractivity contribution in [3.63, 3.8) is 0 Å². The van der Waals surface area contributed by atoms with Crippen molar-refractivity contribution in [3.05, 3.63) is 174 Å². The van der Waals surface area contributed by atoms with Gasteiger partial charge in [-0.1, -0.05) is 109 Å². The van der Waals surface area contributed by atoms with Gasteiger partial charge in [0.15, 0.2) is 5.84 Å². The predicted molar refractivity (Wildman–Crippen MR) is 213 cm³/mol. The number of nitrogens with zero attached hydrogens (tertiary/aromatic N) is 3. The van der Waals surface area contributed by atoms with Gasteiger partial charge in [-0.05, 0) is 48.5 Å². The van der Waals surface area contributed by atoms with Crippen LogP contribution in [0.5, 0.6) is 0 Å². The summed E-state index contributed by atoms with van der Waals surface area (Å²) in [6.07, 6.45) is -0.371. The highest BCUT2D eigenvalue weighted by Gasteiger charge is 2.26. The molecule has 0 spiro atoms. The molecule has 1 aliphatic rings. The molecule has 1 aliphatic heterocycles. The molecule has 5 nitrogen and oxygen atoms in total. The van der Waals surface area contributed by atoms with Crippen LogP contribution in [-0.2, 0) is 0 Å². The summed E-state index contributed by atoms with van der Waals surface area (Å²) in [6.45, 7) is 0. The minimum absolute atomic E-state index is 0.371. The number of benzene rings is 7. The molecule has 1 atom stereocenters. The van der Waals surface area contributed by atoms with E-state index in [1.807, 2.05) is 47.7 Å². The van der Waals surface area contributed by atoms with Crippen LogP contribution in [0.2, 0.25) is 0 Å². The zero-order valence-electron chi connectivity index (χ0n) is 27.2. The summed E-state index contributed by atoms with van der Waals surface area (Å²) in [5.74, 6) is 1.50. The number of nitrogens with one attached hydrogen (secondary N) is 1. The summed E-state index contributed by atoms with van der Waals surface area (Å²) in [4.78, 5) is 10.2. The molecule has 1 N–H and O–H groups in total. The molecule has 240 valence electrons. The van der Waals surface area contributed by atoms with E-state index in [0.29, 0.717) is 5.84 Å². The van der Waals surface area contributed by atoms with Crippen molar-refractivity contribution in [1.82, 2.24) is 9.88 Å². The largest absolute Gasteiger partial charge is 0.456 e. The van der Waals surface area contributed by atoms with Gasteiger partial charge >= 0.3 is 0 Å². The van der Waals surface area contributed by atoms with Crippen molar-refractivity contribution in [2.45, 2.75) is 6.17 Å². The number of aliphatic imine (C=N–C) groups is 2. The first-order valence-corrected chi connectivity index (χ1v) is 17.9. The lowest BCUT2D eigenvalue weighted by molar-refractivity contribution is 0.662. The van der Waals surface area contributed by atoms with Crippen molar-refractivity contribution < 1.29 is 4.42 Å². The van der Waals surface area contributed by atoms with Gasteiger partial charge in [0.25, 0.3) is 0 Å². The van der Waals surface area contributed by atoms with E-state index in [2.05, 4.69) is 131 Å². The summed E-state index contributed by atoms with van der Waals surface area (Å²) >= 11 is 1.82. The maximum atomic E-state index is 6.59. The molecule has 51 heavy (non-hydrogen) atoms. The third-order valence-corrected chi connectivity index (χ3v) is 11.3. The molecule has 0 saturated carbocycles. The van der Waals surface area contributed by atoms with Gasteiger partial charge in [-0.3, -0.25) is 0 Å². The summed E-state index contributed by atoms with van der Waals surface area (Å²) < 4.78 is 11.4. The number of furan rings is 1. The van der Waals surface area contributed by atoms with Gasteiger partial charge in [-0.15, -0.1) is 11.3 Å². The lowest BCUT2D eigenvalue weighted by Crippen LogP contribution is -2.33. The zero-order valence-corrected chi connectivity index (χ0v) is 28.1. The maximum absolute atomic E-state index is 6.59. The summed E-state index contributed by atoms with van der Waals surface area (Å²) in [7, 11) is 0. The summed E-state index contributed by atoms with van der Waals surface area (Å²) in [5.41, 5.74) is 8.34. The third kappa shape index (κ3) is 4.33. The van der Waals surface area contributed by atoms with Crippen LogP contribution in [0.4, 0.5) is 0 Å². The lowest BCUT2D eigenvalue weighted by Gasteiger charge is -2.24. The molecule has 4 heterocycles. The van der Waals surface area contributed by atoms with Gasteiger partial charge in [0, 0.05) is 64.1 Å². The molecule has 0 radical (unpaired) electrons. The molecule has 0 aliphatic carbocycles. The molecule has 7 aromatic carbocycles. The Hall–Kier alpha value is -6.50. The highest BCUT2D eigenvalue weighted by atomic mass is 32.1. The first-order valence-electron chi connectivity index (χ1n) is 17.1. The Balaban J connectivity index is 1.12. The third-order valence-electron chi connectivity index (χ3n) is 10.1. The maximum Gasteiger partial charge on any atom is 0.159 e. The smallest absolute Gasteiger partial charge is 0.159 e. The topological polar surface area (TPSA) is 54.8 Å². The number of hydrogen-bond acceptors (Lipinski definition) is 5. The van der Waals surface area contributed by atoms with Gasteiger partial charge in [-0.2, -0.15) is 0 Å². The van der Waals surface area contributed by atoms with Crippen LogP contribution in [-0.4, -0.2) is 16.2 Å². The molecule has 0 amide bonds. The van der Waals surface area contributed by atoms with E-state index in [9.17, 15) is 0 Å². The number of aromatic nitrogens is 1. The van der Waals surface area contributed by atoms with Crippen LogP contribution in [0, 0.1) is 0 Å². The van der Waals surface area contributed by atoms with Crippen molar-refractivity contribution in [2.24, 2.45) is 9.98 Å². The Morgan fingerprint density at radius 1 is 0.569 bits per heavy atom. The number of fused-ring (bicyclic) bond motifs is 10. The summed E-state index contributed by atoms with van der Waals surface area (Å²) in [5, 5.41) is 10.9. The van der Waals surface area contributed by atoms with E-state index in [1.54, 1.807) is 0 Å². The Labute approximate surface area is 296 Å². The molecule has 10 aromatic rings. The number of hydrogen-bond donors (Lipinski definition) is 1. The molecule has 11 rings (SSSR count). The van der Waals surface area contributed by atoms with Crippen LogP contribution in [0.15, 0.2) is 172 Å². The van der Waals surface area contributed by atoms with E-state index < -0.39 is 0 Å². The molecular weight excluding hydrogens is 645 g/mol. The lowest BCUT2D eigenvalue weighted by atomic mass is 10.0. The highest BCUT2D eigenvalue weighted by molar-refractivity contribution is 7.26. The molecular formula is C45H28N4OS. The fraction of sp³-hybridized carbons (Fsp3) is 0.0222. The van der Waals surface area contributed by atoms with E-state index in [0.717, 1.165) is 50.2 Å². The normalized spacial score (nSPS) is 14.9. The first kappa shape index (κ1) is 28.3. The Kier molecular flexibility index (Phi) is 6.12. The Morgan fingerprint density at radius 2 is 1.25 bits per heavy atom. The number of para-hydroxylation sites is 2. The van der Waals surface area contributed by atoms with Crippen LogP contribution in [0.25, 0.3) is 69.6 Å². The fourth-order valence-corrected chi connectivity index (χ4v) is 9.01. The molecule has 6 heteroatoms. The first-order chi connectivity index (χ1) is 25.3. The number of rotatable bonds is 4. The average Bonchev–Trinajstić information content (AvgIpc) is 3.87. The van der Waals surface area contributed by atoms with Crippen molar-refractivity contribution >= 4 is 86.9 Å². The SMILES string of the molecule is c1ccc(C2=NC(c3cccc4oc5ccc6c7cc(-n8c9ccccc9c9ccccc98)ccc7sc6c5c34)NC(c3ccccc3)=N2)cc1. The quantitative estimate of drug-likeness (QED) is 0.202. The van der Waals surface area contributed by atoms with Crippen LogP contribution < -0.4 is 5.32 Å². The van der Waals surface area contributed by atoms with Gasteiger partial charge in [-0.25, -0.2) is 9.98 Å². The number of amidine groups is 2. The molecule has 0 bridgehead atoms. The van der Waals surface area contributed by atoms with Gasteiger partial charge < -0.3 is 14.3 Å². The van der Waals surface area contributed by atoms with Crippen LogP contribution in [0.3, 0.4) is 0 Å². The zero-order chi connectivity index (χ0) is 33.5. The second kappa shape index (κ2) is 11.0. The average molecular weight is 673 g/mol. The van der Waals surface area contributed by atoms with Crippen LogP contribution >= 0.6 is 11.3 Å². The summed E-state index contributed by atoms with van der Waals surface area (Å²) in [6, 6.07) is 55.3. The van der Waals surface area contributed by atoms with E-state index in [-0.39, 0.29) is 6.17 Å². The fourth-order valence-electron chi connectivity index (χ4n) is 7.79. The Morgan fingerprint density at radius 3 is 2.02 bits per heavy atom. The number of thiophene rings is 1. The predicted octanol–water partition coefficient (Wildman–Crippen LogP) is 11.5. The molecule has 0 saturated heterocycles. The highest BCUT2D eigenvalue weighted by Crippen LogP contribution is 2.45. The monoisotopic (exact) mass is 672 g/mol. The van der Waals surface area contributed by atoms with Gasteiger partial charge in [0.05, 0.1) is 11.0 Å². The minimum atomic E-state index is -0.371. The molecule has 1 unspecified atom stereocenters. The standard InChI is InChI=1S/C45H28N4OS/c1-3-12-27(13-4-1)43-46-44(28-14-5-2-6-15-28)48-45(47-43)33-18-11-21-37-40(33)41-38(50-37)24-23-32-34-26-29(22-25-39(34)51-42(32)41)49-35-19-9-7-16-30(35)31-17-8-10-20-36(31)49/h1-26,45H,(H,46,47,48). The Bertz CT molecular complexity index is 3010. The van der Waals surface area contributed by atoms with Crippen molar-refractivity contribution in [2.75, 3.05) is 0 Å². The van der Waals surface area contributed by atoms with Crippen molar-refractivity contribution in [3.8, 4) is 5.69 Å². The van der Waals surface area contributed by atoms with E-state index >= 15 is 0 Å². The molecule has 0 fully saturated rings. The van der Waals surface area contributed by atoms with Crippen LogP contribution in [0.1, 0.15) is 22.9 Å². The van der Waals surface area contributed by atoms with Gasteiger partial charge in [0.2, 0.25) is 0 Å². The van der Waals surface area contributed by atoms with E-state index in [1.165, 1.54) is 42.0 Å². The molecule has 3 aromatic heterocycles. The van der Waals surface area contributed by atoms with Crippen molar-refractivity contribution in [1.29, 1.82) is 0 Å².